The first-order valence-corrected chi connectivity index (χ1v) is 8.36. The van der Waals surface area contributed by atoms with Crippen LogP contribution in [0.25, 0.3) is 31.3 Å². The minimum atomic E-state index is 0.929. The summed E-state index contributed by atoms with van der Waals surface area (Å²) in [5, 5.41) is 5.79. The van der Waals surface area contributed by atoms with Crippen molar-refractivity contribution in [2.24, 2.45) is 0 Å². The number of furan rings is 1. The molecule has 2 aromatic heterocycles. The zero-order chi connectivity index (χ0) is 15.2. The third-order valence-electron chi connectivity index (χ3n) is 4.05. The molecule has 0 saturated heterocycles. The molecule has 0 unspecified atom stereocenters. The van der Waals surface area contributed by atoms with Crippen molar-refractivity contribution in [2.45, 2.75) is 0 Å². The van der Waals surface area contributed by atoms with Crippen LogP contribution in [-0.2, 0) is 0 Å². The topological polar surface area (TPSA) is 25.2 Å². The van der Waals surface area contributed by atoms with Gasteiger partial charge in [0.15, 0.2) is 5.58 Å². The maximum Gasteiger partial charge on any atom is 0.154 e. The van der Waals surface area contributed by atoms with Gasteiger partial charge in [-0.3, -0.25) is 0 Å². The Hall–Kier alpha value is -2.78. The first-order valence-electron chi connectivity index (χ1n) is 7.54. The molecule has 0 amide bonds. The molecule has 2 nitrogen and oxygen atoms in total. The fourth-order valence-electron chi connectivity index (χ4n) is 2.97. The van der Waals surface area contributed by atoms with Gasteiger partial charge in [0.1, 0.15) is 5.58 Å². The van der Waals surface area contributed by atoms with E-state index >= 15 is 0 Å². The highest BCUT2D eigenvalue weighted by Gasteiger charge is 2.13. The Balaban J connectivity index is 1.67. The summed E-state index contributed by atoms with van der Waals surface area (Å²) in [5.74, 6) is 0. The van der Waals surface area contributed by atoms with Crippen LogP contribution in [0.3, 0.4) is 0 Å². The Morgan fingerprint density at radius 3 is 2.48 bits per heavy atom. The Morgan fingerprint density at radius 2 is 1.57 bits per heavy atom. The molecule has 5 rings (SSSR count). The number of para-hydroxylation sites is 1. The lowest BCUT2D eigenvalue weighted by atomic mass is 10.2. The lowest BCUT2D eigenvalue weighted by Gasteiger charge is -2.05. The highest BCUT2D eigenvalue weighted by Crippen LogP contribution is 2.41. The molecule has 5 aromatic rings. The summed E-state index contributed by atoms with van der Waals surface area (Å²) in [5.41, 5.74) is 4.04. The molecule has 2 heterocycles. The quantitative estimate of drug-likeness (QED) is 0.400. The van der Waals surface area contributed by atoms with Crippen LogP contribution in [0.1, 0.15) is 0 Å². The minimum Gasteiger partial charge on any atom is -0.454 e. The SMILES string of the molecule is c1ccc(Nc2ccc3c(c2)oc2c4ccccc4sc32)cc1. The molecule has 0 aliphatic heterocycles. The lowest BCUT2D eigenvalue weighted by Crippen LogP contribution is -1.88. The van der Waals surface area contributed by atoms with Crippen molar-refractivity contribution < 1.29 is 4.42 Å². The van der Waals surface area contributed by atoms with Gasteiger partial charge < -0.3 is 9.73 Å². The average Bonchev–Trinajstić information content (AvgIpc) is 3.11. The molecule has 0 atom stereocenters. The highest BCUT2D eigenvalue weighted by molar-refractivity contribution is 7.26. The summed E-state index contributed by atoms with van der Waals surface area (Å²) >= 11 is 1.79. The Bertz CT molecular complexity index is 1140. The number of thiophene rings is 1. The summed E-state index contributed by atoms with van der Waals surface area (Å²) in [6.45, 7) is 0. The Kier molecular flexibility index (Phi) is 2.69. The van der Waals surface area contributed by atoms with Crippen molar-refractivity contribution in [2.75, 3.05) is 5.32 Å². The number of benzene rings is 3. The van der Waals surface area contributed by atoms with Gasteiger partial charge in [-0.05, 0) is 36.4 Å². The maximum atomic E-state index is 6.15. The van der Waals surface area contributed by atoms with Gasteiger partial charge in [-0.1, -0.05) is 30.3 Å². The molecule has 0 radical (unpaired) electrons. The summed E-state index contributed by atoms with van der Waals surface area (Å²) in [7, 11) is 0. The molecule has 0 bridgehead atoms. The van der Waals surface area contributed by atoms with E-state index in [0.29, 0.717) is 0 Å². The van der Waals surface area contributed by atoms with Crippen LogP contribution in [0.5, 0.6) is 0 Å². The number of hydrogen-bond acceptors (Lipinski definition) is 3. The van der Waals surface area contributed by atoms with Crippen LogP contribution in [0, 0.1) is 0 Å². The number of rotatable bonds is 2. The van der Waals surface area contributed by atoms with E-state index in [4.69, 9.17) is 4.42 Å². The predicted octanol–water partition coefficient (Wildman–Crippen LogP) is 6.54. The van der Waals surface area contributed by atoms with Gasteiger partial charge in [0.05, 0.1) is 4.70 Å². The first kappa shape index (κ1) is 12.7. The van der Waals surface area contributed by atoms with E-state index in [2.05, 4.69) is 59.9 Å². The molecule has 0 saturated carbocycles. The minimum absolute atomic E-state index is 0.929. The van der Waals surface area contributed by atoms with Gasteiger partial charge in [0.25, 0.3) is 0 Å². The molecule has 3 heteroatoms. The zero-order valence-electron chi connectivity index (χ0n) is 12.2. The second-order valence-electron chi connectivity index (χ2n) is 5.56. The first-order chi connectivity index (χ1) is 11.4. The second kappa shape index (κ2) is 4.86. The van der Waals surface area contributed by atoms with Gasteiger partial charge in [-0.25, -0.2) is 0 Å². The van der Waals surface area contributed by atoms with Crippen LogP contribution in [0.2, 0.25) is 0 Å². The van der Waals surface area contributed by atoms with Crippen molar-refractivity contribution in [1.82, 2.24) is 0 Å². The standard InChI is InChI=1S/C20H13NOS/c1-2-6-13(7-3-1)21-14-10-11-15-17(12-14)22-19-16-8-4-5-9-18(16)23-20(15)19/h1-12,21H. The molecule has 23 heavy (non-hydrogen) atoms. The van der Waals surface area contributed by atoms with Crippen LogP contribution < -0.4 is 5.32 Å². The number of anilines is 2. The van der Waals surface area contributed by atoms with Crippen LogP contribution in [-0.4, -0.2) is 0 Å². The molecule has 110 valence electrons. The Labute approximate surface area is 137 Å². The fourth-order valence-corrected chi connectivity index (χ4v) is 4.13. The summed E-state index contributed by atoms with van der Waals surface area (Å²) in [4.78, 5) is 0. The monoisotopic (exact) mass is 315 g/mol. The van der Waals surface area contributed by atoms with Gasteiger partial charge in [-0.2, -0.15) is 0 Å². The van der Waals surface area contributed by atoms with E-state index in [1.54, 1.807) is 11.3 Å². The molecule has 1 N–H and O–H groups in total. The molecular formula is C20H13NOS. The summed E-state index contributed by atoms with van der Waals surface area (Å²) in [6, 6.07) is 24.9. The van der Waals surface area contributed by atoms with Crippen LogP contribution in [0.4, 0.5) is 11.4 Å². The lowest BCUT2D eigenvalue weighted by molar-refractivity contribution is 0.673. The van der Waals surface area contributed by atoms with Gasteiger partial charge >= 0.3 is 0 Å². The number of nitrogens with one attached hydrogen (secondary N) is 1. The number of fused-ring (bicyclic) bond motifs is 5. The third-order valence-corrected chi connectivity index (χ3v) is 5.24. The maximum absolute atomic E-state index is 6.15. The van der Waals surface area contributed by atoms with Gasteiger partial charge in [0.2, 0.25) is 0 Å². The van der Waals surface area contributed by atoms with E-state index in [1.165, 1.54) is 20.2 Å². The van der Waals surface area contributed by atoms with E-state index in [0.717, 1.165) is 22.5 Å². The van der Waals surface area contributed by atoms with E-state index in [1.807, 2.05) is 18.2 Å². The molecule has 0 fully saturated rings. The van der Waals surface area contributed by atoms with Gasteiger partial charge in [0, 0.05) is 32.9 Å². The van der Waals surface area contributed by atoms with Crippen molar-refractivity contribution in [3.63, 3.8) is 0 Å². The third kappa shape index (κ3) is 2.01. The molecule has 0 spiro atoms. The predicted molar refractivity (Wildman–Crippen MR) is 98.8 cm³/mol. The normalized spacial score (nSPS) is 11.5. The van der Waals surface area contributed by atoms with Gasteiger partial charge in [-0.15, -0.1) is 11.3 Å². The highest BCUT2D eigenvalue weighted by atomic mass is 32.1. The zero-order valence-corrected chi connectivity index (χ0v) is 13.1. The van der Waals surface area contributed by atoms with Crippen molar-refractivity contribution in [3.8, 4) is 0 Å². The van der Waals surface area contributed by atoms with Crippen molar-refractivity contribution in [1.29, 1.82) is 0 Å². The largest absolute Gasteiger partial charge is 0.454 e. The fraction of sp³-hybridized carbons (Fsp3) is 0. The van der Waals surface area contributed by atoms with Crippen molar-refractivity contribution >= 4 is 54.0 Å². The van der Waals surface area contributed by atoms with E-state index in [9.17, 15) is 0 Å². The molecule has 3 aromatic carbocycles. The van der Waals surface area contributed by atoms with E-state index < -0.39 is 0 Å². The molecular weight excluding hydrogens is 302 g/mol. The van der Waals surface area contributed by atoms with Crippen LogP contribution >= 0.6 is 11.3 Å². The Morgan fingerprint density at radius 1 is 0.739 bits per heavy atom. The molecule has 0 aliphatic carbocycles. The summed E-state index contributed by atoms with van der Waals surface area (Å²) < 4.78 is 8.66. The number of hydrogen-bond donors (Lipinski definition) is 1. The van der Waals surface area contributed by atoms with E-state index in [-0.39, 0.29) is 0 Å². The second-order valence-corrected chi connectivity index (χ2v) is 6.61. The smallest absolute Gasteiger partial charge is 0.154 e. The summed E-state index contributed by atoms with van der Waals surface area (Å²) in [6.07, 6.45) is 0. The van der Waals surface area contributed by atoms with Crippen LogP contribution in [0.15, 0.2) is 77.2 Å². The average molecular weight is 315 g/mol. The van der Waals surface area contributed by atoms with Crippen molar-refractivity contribution in [3.05, 3.63) is 72.8 Å². The molecule has 0 aliphatic rings.